The van der Waals surface area contributed by atoms with Gasteiger partial charge in [0.05, 0.1) is 5.92 Å². The summed E-state index contributed by atoms with van der Waals surface area (Å²) in [7, 11) is 0. The molecule has 1 unspecified atom stereocenters. The van der Waals surface area contributed by atoms with E-state index in [2.05, 4.69) is 15.3 Å². The summed E-state index contributed by atoms with van der Waals surface area (Å²) < 4.78 is 1.86. The van der Waals surface area contributed by atoms with Crippen LogP contribution in [0.1, 0.15) is 24.2 Å². The number of aryl methyl sites for hydroxylation is 1. The van der Waals surface area contributed by atoms with Crippen LogP contribution in [0.3, 0.4) is 0 Å². The van der Waals surface area contributed by atoms with Gasteiger partial charge >= 0.3 is 12.0 Å². The molecule has 0 aromatic carbocycles. The number of hydrogen-bond donors (Lipinski definition) is 2. The number of rotatable bonds is 4. The summed E-state index contributed by atoms with van der Waals surface area (Å²) >= 11 is 0. The van der Waals surface area contributed by atoms with Crippen molar-refractivity contribution < 1.29 is 14.7 Å². The molecule has 1 fully saturated rings. The minimum absolute atomic E-state index is 0.247. The minimum Gasteiger partial charge on any atom is -0.481 e. The quantitative estimate of drug-likeness (QED) is 0.878. The van der Waals surface area contributed by atoms with E-state index in [1.54, 1.807) is 17.3 Å². The molecule has 1 atom stereocenters. The summed E-state index contributed by atoms with van der Waals surface area (Å²) in [6.07, 6.45) is 6.54. The number of pyridine rings is 1. The average molecular weight is 343 g/mol. The third-order valence-electron chi connectivity index (χ3n) is 4.41. The number of carbonyl (C=O) groups excluding carboxylic acids is 1. The van der Waals surface area contributed by atoms with Crippen molar-refractivity contribution in [3.05, 3.63) is 42.1 Å². The SMILES string of the molecule is Cc1nccn1-c1ncccc1CNC(=O)N1CCCC(C(=O)O)C1. The number of carboxylic acid groups (broad SMARTS) is 1. The molecule has 0 radical (unpaired) electrons. The number of amides is 2. The van der Waals surface area contributed by atoms with Crippen LogP contribution in [0.4, 0.5) is 4.79 Å². The van der Waals surface area contributed by atoms with E-state index in [1.165, 1.54) is 0 Å². The van der Waals surface area contributed by atoms with Gasteiger partial charge in [-0.2, -0.15) is 0 Å². The molecule has 2 aromatic rings. The van der Waals surface area contributed by atoms with Crippen LogP contribution >= 0.6 is 0 Å². The van der Waals surface area contributed by atoms with Gasteiger partial charge < -0.3 is 15.3 Å². The van der Waals surface area contributed by atoms with Gasteiger partial charge in [-0.15, -0.1) is 0 Å². The van der Waals surface area contributed by atoms with Gasteiger partial charge in [-0.05, 0) is 25.8 Å². The van der Waals surface area contributed by atoms with Crippen LogP contribution in [0.2, 0.25) is 0 Å². The zero-order chi connectivity index (χ0) is 17.8. The average Bonchev–Trinajstić information content (AvgIpc) is 3.05. The highest BCUT2D eigenvalue weighted by atomic mass is 16.4. The summed E-state index contributed by atoms with van der Waals surface area (Å²) in [5, 5.41) is 12.0. The minimum atomic E-state index is -0.845. The van der Waals surface area contributed by atoms with Crippen LogP contribution in [0.25, 0.3) is 5.82 Å². The fourth-order valence-corrected chi connectivity index (χ4v) is 3.03. The van der Waals surface area contributed by atoms with Crippen molar-refractivity contribution in [3.8, 4) is 5.82 Å². The number of piperidine rings is 1. The molecule has 25 heavy (non-hydrogen) atoms. The number of nitrogens with zero attached hydrogens (tertiary/aromatic N) is 4. The summed E-state index contributed by atoms with van der Waals surface area (Å²) in [4.78, 5) is 33.7. The van der Waals surface area contributed by atoms with Crippen molar-refractivity contribution in [2.75, 3.05) is 13.1 Å². The smallest absolute Gasteiger partial charge is 0.317 e. The number of urea groups is 1. The highest BCUT2D eigenvalue weighted by Crippen LogP contribution is 2.17. The van der Waals surface area contributed by atoms with Gasteiger partial charge in [0.1, 0.15) is 11.6 Å². The normalized spacial score (nSPS) is 17.3. The monoisotopic (exact) mass is 343 g/mol. The number of carbonyl (C=O) groups is 2. The van der Waals surface area contributed by atoms with E-state index in [9.17, 15) is 9.59 Å². The van der Waals surface area contributed by atoms with Crippen LogP contribution in [0, 0.1) is 12.8 Å². The number of hydrogen-bond acceptors (Lipinski definition) is 4. The zero-order valence-electron chi connectivity index (χ0n) is 14.1. The molecule has 132 valence electrons. The molecule has 0 bridgehead atoms. The molecule has 0 aliphatic carbocycles. The molecule has 3 heterocycles. The molecule has 8 heteroatoms. The van der Waals surface area contributed by atoms with E-state index in [4.69, 9.17) is 5.11 Å². The maximum absolute atomic E-state index is 12.4. The van der Waals surface area contributed by atoms with Crippen LogP contribution in [-0.2, 0) is 11.3 Å². The van der Waals surface area contributed by atoms with Gasteiger partial charge in [0.2, 0.25) is 0 Å². The first kappa shape index (κ1) is 16.9. The van der Waals surface area contributed by atoms with Gasteiger partial charge in [0.25, 0.3) is 0 Å². The Morgan fingerprint density at radius 2 is 2.20 bits per heavy atom. The first-order valence-electron chi connectivity index (χ1n) is 8.26. The zero-order valence-corrected chi connectivity index (χ0v) is 14.1. The molecule has 0 spiro atoms. The van der Waals surface area contributed by atoms with Crippen LogP contribution in [0.15, 0.2) is 30.7 Å². The van der Waals surface area contributed by atoms with Crippen molar-refractivity contribution >= 4 is 12.0 Å². The van der Waals surface area contributed by atoms with Gasteiger partial charge in [-0.25, -0.2) is 14.8 Å². The highest BCUT2D eigenvalue weighted by Gasteiger charge is 2.28. The maximum atomic E-state index is 12.4. The summed E-state index contributed by atoms with van der Waals surface area (Å²) in [6, 6.07) is 3.47. The molecule has 8 nitrogen and oxygen atoms in total. The largest absolute Gasteiger partial charge is 0.481 e. The molecule has 1 aliphatic heterocycles. The van der Waals surface area contributed by atoms with Gasteiger partial charge in [-0.1, -0.05) is 6.07 Å². The van der Waals surface area contributed by atoms with Crippen LogP contribution < -0.4 is 5.32 Å². The maximum Gasteiger partial charge on any atom is 0.317 e. The second-order valence-corrected chi connectivity index (χ2v) is 6.11. The Morgan fingerprint density at radius 1 is 1.36 bits per heavy atom. The van der Waals surface area contributed by atoms with Crippen molar-refractivity contribution in [1.82, 2.24) is 24.8 Å². The molecular weight excluding hydrogens is 322 g/mol. The number of carboxylic acids is 1. The number of aliphatic carboxylic acids is 1. The lowest BCUT2D eigenvalue weighted by molar-refractivity contribution is -0.143. The first-order valence-corrected chi connectivity index (χ1v) is 8.26. The summed E-state index contributed by atoms with van der Waals surface area (Å²) in [6.45, 7) is 3.03. The van der Waals surface area contributed by atoms with Crippen molar-refractivity contribution in [2.24, 2.45) is 5.92 Å². The molecule has 0 saturated carbocycles. The van der Waals surface area contributed by atoms with E-state index in [-0.39, 0.29) is 12.6 Å². The Morgan fingerprint density at radius 3 is 2.92 bits per heavy atom. The molecule has 2 aromatic heterocycles. The number of nitrogens with one attached hydrogen (secondary N) is 1. The number of likely N-dealkylation sites (tertiary alicyclic amines) is 1. The van der Waals surface area contributed by atoms with Crippen LogP contribution in [0.5, 0.6) is 0 Å². The molecule has 1 aliphatic rings. The second kappa shape index (κ2) is 7.33. The Bertz CT molecular complexity index is 773. The lowest BCUT2D eigenvalue weighted by atomic mass is 9.99. The molecule has 2 N–H and O–H groups in total. The fraction of sp³-hybridized carbons (Fsp3) is 0.412. The van der Waals surface area contributed by atoms with E-state index in [0.717, 1.165) is 17.2 Å². The molecular formula is C17H21N5O3. The van der Waals surface area contributed by atoms with E-state index in [0.29, 0.717) is 25.9 Å². The van der Waals surface area contributed by atoms with Crippen molar-refractivity contribution in [3.63, 3.8) is 0 Å². The van der Waals surface area contributed by atoms with E-state index < -0.39 is 11.9 Å². The lowest BCUT2D eigenvalue weighted by Crippen LogP contribution is -2.46. The van der Waals surface area contributed by atoms with Gasteiger partial charge in [-0.3, -0.25) is 9.36 Å². The second-order valence-electron chi connectivity index (χ2n) is 6.11. The predicted octanol–water partition coefficient (Wildman–Crippen LogP) is 1.58. The summed E-state index contributed by atoms with van der Waals surface area (Å²) in [5.41, 5.74) is 0.865. The van der Waals surface area contributed by atoms with Crippen LogP contribution in [-0.4, -0.2) is 49.6 Å². The standard InChI is InChI=1S/C17H21N5O3/c1-12-18-7-9-22(12)15-13(4-2-6-19-15)10-20-17(25)21-8-3-5-14(11-21)16(23)24/h2,4,6-7,9,14H,3,5,8,10-11H2,1H3,(H,20,25)(H,23,24). The third-order valence-corrected chi connectivity index (χ3v) is 4.41. The van der Waals surface area contributed by atoms with Gasteiger partial charge in [0, 0.05) is 43.8 Å². The molecule has 3 rings (SSSR count). The van der Waals surface area contributed by atoms with Crippen molar-refractivity contribution in [1.29, 1.82) is 0 Å². The van der Waals surface area contributed by atoms with E-state index >= 15 is 0 Å². The van der Waals surface area contributed by atoms with E-state index in [1.807, 2.05) is 29.8 Å². The number of imidazole rings is 1. The molecule has 1 saturated heterocycles. The third kappa shape index (κ3) is 3.78. The first-order chi connectivity index (χ1) is 12.1. The Hall–Kier alpha value is -2.90. The Kier molecular flexibility index (Phi) is 4.97. The lowest BCUT2D eigenvalue weighted by Gasteiger charge is -2.30. The highest BCUT2D eigenvalue weighted by molar-refractivity contribution is 5.76. The topological polar surface area (TPSA) is 100 Å². The fourth-order valence-electron chi connectivity index (χ4n) is 3.03. The number of aromatic nitrogens is 3. The van der Waals surface area contributed by atoms with Gasteiger partial charge in [0.15, 0.2) is 0 Å². The predicted molar refractivity (Wildman–Crippen MR) is 90.3 cm³/mol. The molecule has 2 amide bonds. The van der Waals surface area contributed by atoms with Crippen molar-refractivity contribution in [2.45, 2.75) is 26.3 Å². The Labute approximate surface area is 145 Å². The summed E-state index contributed by atoms with van der Waals surface area (Å²) in [5.74, 6) is 0.205. The Balaban J connectivity index is 1.67.